The molecule has 5 heteroatoms. The minimum Gasteiger partial charge on any atom is -0.469 e. The Hall–Kier alpha value is -1.91. The summed E-state index contributed by atoms with van der Waals surface area (Å²) in [4.78, 5) is 37.0. The van der Waals surface area contributed by atoms with Gasteiger partial charge < -0.3 is 9.47 Å². The second kappa shape index (κ2) is 7.57. The molecule has 2 atom stereocenters. The van der Waals surface area contributed by atoms with Gasteiger partial charge in [0.05, 0.1) is 13.5 Å². The fraction of sp³-hybridized carbons (Fsp3) is 0.611. The third-order valence-electron chi connectivity index (χ3n) is 3.77. The monoisotopic (exact) mass is 322 g/mol. The van der Waals surface area contributed by atoms with Crippen LogP contribution in [-0.4, -0.2) is 30.4 Å². The Morgan fingerprint density at radius 3 is 2.48 bits per heavy atom. The van der Waals surface area contributed by atoms with Crippen LogP contribution in [0.15, 0.2) is 24.3 Å². The maximum Gasteiger partial charge on any atom is 0.321 e. The molecule has 0 amide bonds. The average Bonchev–Trinajstić information content (AvgIpc) is 2.75. The van der Waals surface area contributed by atoms with Gasteiger partial charge in [0.2, 0.25) is 0 Å². The van der Waals surface area contributed by atoms with Gasteiger partial charge in [-0.2, -0.15) is 0 Å². The standard InChI is InChI=1S/C18H26O5/c1-6-7-8-11-18(16(21)23-17(2,3)4)13(9-10-14(18)19)12-15(20)22-5/h7-10,13H,6,11-12H2,1-5H3/b8-7-. The van der Waals surface area contributed by atoms with Gasteiger partial charge in [-0.1, -0.05) is 25.2 Å². The lowest BCUT2D eigenvalue weighted by molar-refractivity contribution is -0.171. The van der Waals surface area contributed by atoms with Crippen molar-refractivity contribution in [3.63, 3.8) is 0 Å². The van der Waals surface area contributed by atoms with Gasteiger partial charge in [0.15, 0.2) is 5.78 Å². The molecule has 0 aromatic heterocycles. The maximum atomic E-state index is 12.8. The van der Waals surface area contributed by atoms with E-state index < -0.39 is 28.9 Å². The van der Waals surface area contributed by atoms with E-state index in [1.807, 2.05) is 13.0 Å². The summed E-state index contributed by atoms with van der Waals surface area (Å²) in [6.45, 7) is 7.23. The van der Waals surface area contributed by atoms with Gasteiger partial charge >= 0.3 is 11.9 Å². The van der Waals surface area contributed by atoms with Crippen LogP contribution in [0.2, 0.25) is 0 Å². The first-order chi connectivity index (χ1) is 10.7. The van der Waals surface area contributed by atoms with Gasteiger partial charge in [0.1, 0.15) is 11.0 Å². The van der Waals surface area contributed by atoms with Gasteiger partial charge in [-0.05, 0) is 39.7 Å². The molecule has 0 fully saturated rings. The van der Waals surface area contributed by atoms with Gasteiger partial charge in [0, 0.05) is 5.92 Å². The summed E-state index contributed by atoms with van der Waals surface area (Å²) in [6, 6.07) is 0. The Morgan fingerprint density at radius 2 is 1.96 bits per heavy atom. The Bertz CT molecular complexity index is 524. The highest BCUT2D eigenvalue weighted by molar-refractivity contribution is 6.12. The van der Waals surface area contributed by atoms with Crippen molar-refractivity contribution in [3.05, 3.63) is 24.3 Å². The van der Waals surface area contributed by atoms with Crippen LogP contribution in [0.1, 0.15) is 47.0 Å². The first-order valence-electron chi connectivity index (χ1n) is 7.85. The van der Waals surface area contributed by atoms with Crippen molar-refractivity contribution in [2.24, 2.45) is 11.3 Å². The molecule has 0 aromatic carbocycles. The third kappa shape index (κ3) is 4.53. The van der Waals surface area contributed by atoms with E-state index in [0.29, 0.717) is 0 Å². The Kier molecular flexibility index (Phi) is 6.30. The molecule has 0 spiro atoms. The number of hydrogen-bond acceptors (Lipinski definition) is 5. The largest absolute Gasteiger partial charge is 0.469 e. The van der Waals surface area contributed by atoms with Crippen LogP contribution in [-0.2, 0) is 23.9 Å². The summed E-state index contributed by atoms with van der Waals surface area (Å²) in [7, 11) is 1.29. The van der Waals surface area contributed by atoms with Gasteiger partial charge in [-0.15, -0.1) is 0 Å². The lowest BCUT2D eigenvalue weighted by Crippen LogP contribution is -2.45. The number of rotatable bonds is 6. The quantitative estimate of drug-likeness (QED) is 0.427. The topological polar surface area (TPSA) is 69.7 Å². The molecule has 1 aliphatic rings. The minimum absolute atomic E-state index is 0.0298. The first-order valence-corrected chi connectivity index (χ1v) is 7.85. The van der Waals surface area contributed by atoms with Crippen LogP contribution < -0.4 is 0 Å². The highest BCUT2D eigenvalue weighted by atomic mass is 16.6. The smallest absolute Gasteiger partial charge is 0.321 e. The van der Waals surface area contributed by atoms with Crippen LogP contribution in [0.4, 0.5) is 0 Å². The van der Waals surface area contributed by atoms with Gasteiger partial charge in [-0.3, -0.25) is 14.4 Å². The molecule has 0 heterocycles. The van der Waals surface area contributed by atoms with Gasteiger partial charge in [0.25, 0.3) is 0 Å². The summed E-state index contributed by atoms with van der Waals surface area (Å²) in [5.74, 6) is -1.92. The molecule has 1 aliphatic carbocycles. The number of hydrogen-bond donors (Lipinski definition) is 0. The second-order valence-electron chi connectivity index (χ2n) is 6.67. The highest BCUT2D eigenvalue weighted by Gasteiger charge is 2.54. The van der Waals surface area contributed by atoms with Crippen molar-refractivity contribution in [3.8, 4) is 0 Å². The van der Waals surface area contributed by atoms with E-state index in [-0.39, 0.29) is 18.6 Å². The SMILES string of the molecule is CC/C=C\CC1(C(=O)OC(C)(C)C)C(=O)C=CC1CC(=O)OC. The van der Waals surface area contributed by atoms with E-state index in [9.17, 15) is 14.4 Å². The van der Waals surface area contributed by atoms with Crippen LogP contribution >= 0.6 is 0 Å². The van der Waals surface area contributed by atoms with Crippen molar-refractivity contribution in [1.29, 1.82) is 0 Å². The van der Waals surface area contributed by atoms with E-state index in [1.165, 1.54) is 13.2 Å². The molecule has 0 saturated heterocycles. The number of esters is 2. The Morgan fingerprint density at radius 1 is 1.30 bits per heavy atom. The second-order valence-corrected chi connectivity index (χ2v) is 6.67. The molecule has 2 unspecified atom stereocenters. The Labute approximate surface area is 137 Å². The van der Waals surface area contributed by atoms with Crippen molar-refractivity contribution in [2.75, 3.05) is 7.11 Å². The molecule has 0 saturated carbocycles. The van der Waals surface area contributed by atoms with Crippen molar-refractivity contribution >= 4 is 17.7 Å². The number of carbonyl (C=O) groups is 3. The number of allylic oxidation sites excluding steroid dienone is 4. The molecular weight excluding hydrogens is 296 g/mol. The van der Waals surface area contributed by atoms with Crippen LogP contribution in [0.5, 0.6) is 0 Å². The normalized spacial score (nSPS) is 24.2. The summed E-state index contributed by atoms with van der Waals surface area (Å²) < 4.78 is 10.2. The summed E-state index contributed by atoms with van der Waals surface area (Å²) >= 11 is 0. The molecular formula is C18H26O5. The zero-order valence-corrected chi connectivity index (χ0v) is 14.5. The highest BCUT2D eigenvalue weighted by Crippen LogP contribution is 2.43. The molecule has 0 bridgehead atoms. The van der Waals surface area contributed by atoms with Crippen LogP contribution in [0.3, 0.4) is 0 Å². The fourth-order valence-corrected chi connectivity index (χ4v) is 2.60. The van der Waals surface area contributed by atoms with Crippen LogP contribution in [0.25, 0.3) is 0 Å². The lowest BCUT2D eigenvalue weighted by atomic mass is 9.72. The minimum atomic E-state index is -1.38. The third-order valence-corrected chi connectivity index (χ3v) is 3.77. The van der Waals surface area contributed by atoms with E-state index in [4.69, 9.17) is 9.47 Å². The molecule has 1 rings (SSSR count). The molecule has 23 heavy (non-hydrogen) atoms. The number of ether oxygens (including phenoxy) is 2. The van der Waals surface area contributed by atoms with Crippen LogP contribution in [0, 0.1) is 11.3 Å². The predicted octanol–water partition coefficient (Wildman–Crippen LogP) is 2.99. The number of methoxy groups -OCH3 is 1. The van der Waals surface area contributed by atoms with Crippen molar-refractivity contribution in [2.45, 2.75) is 52.6 Å². The lowest BCUT2D eigenvalue weighted by Gasteiger charge is -2.33. The molecule has 0 aliphatic heterocycles. The van der Waals surface area contributed by atoms with Gasteiger partial charge in [-0.25, -0.2) is 0 Å². The van der Waals surface area contributed by atoms with E-state index >= 15 is 0 Å². The number of carbonyl (C=O) groups excluding carboxylic acids is 3. The summed E-state index contributed by atoms with van der Waals surface area (Å²) in [5.41, 5.74) is -2.09. The molecule has 0 N–H and O–H groups in total. The maximum absolute atomic E-state index is 12.8. The molecule has 0 aromatic rings. The van der Waals surface area contributed by atoms with E-state index in [2.05, 4.69) is 0 Å². The number of ketones is 1. The Balaban J connectivity index is 3.19. The van der Waals surface area contributed by atoms with E-state index in [0.717, 1.165) is 6.42 Å². The zero-order valence-electron chi connectivity index (χ0n) is 14.5. The summed E-state index contributed by atoms with van der Waals surface area (Å²) in [6.07, 6.45) is 7.67. The molecule has 5 nitrogen and oxygen atoms in total. The average molecular weight is 322 g/mol. The van der Waals surface area contributed by atoms with E-state index in [1.54, 1.807) is 32.9 Å². The molecule has 0 radical (unpaired) electrons. The molecule has 128 valence electrons. The summed E-state index contributed by atoms with van der Waals surface area (Å²) in [5, 5.41) is 0. The fourth-order valence-electron chi connectivity index (χ4n) is 2.60. The van der Waals surface area contributed by atoms with Crippen molar-refractivity contribution < 1.29 is 23.9 Å². The first kappa shape index (κ1) is 19.1. The predicted molar refractivity (Wildman–Crippen MR) is 86.6 cm³/mol. The van der Waals surface area contributed by atoms with Crippen molar-refractivity contribution in [1.82, 2.24) is 0 Å². The zero-order chi connectivity index (χ0) is 17.7.